The van der Waals surface area contributed by atoms with Crippen LogP contribution in [-0.4, -0.2) is 33.4 Å². The van der Waals surface area contributed by atoms with E-state index in [1.807, 2.05) is 18.2 Å². The summed E-state index contributed by atoms with van der Waals surface area (Å²) in [6.45, 7) is 2.47. The molecule has 0 saturated heterocycles. The highest BCUT2D eigenvalue weighted by molar-refractivity contribution is 5.88. The molecular weight excluding hydrogens is 386 g/mol. The van der Waals surface area contributed by atoms with Crippen LogP contribution >= 0.6 is 0 Å². The number of hydrogen-bond donors (Lipinski definition) is 4. The molecule has 1 heterocycles. The SMILES string of the molecule is CC(=O)Nc1cccc(CNc2ncc([N+](=O)[O-])c(NC[C@H]3CC[C@H](N)CC3)n2)c1. The molecule has 1 aromatic heterocycles. The molecular formula is C20H27N7O3. The molecule has 10 nitrogen and oxygen atoms in total. The molecule has 30 heavy (non-hydrogen) atoms. The molecule has 0 bridgehead atoms. The molecule has 1 fully saturated rings. The highest BCUT2D eigenvalue weighted by Crippen LogP contribution is 2.26. The molecule has 1 amide bonds. The van der Waals surface area contributed by atoms with Crippen molar-refractivity contribution in [2.24, 2.45) is 11.7 Å². The van der Waals surface area contributed by atoms with E-state index in [1.165, 1.54) is 13.1 Å². The van der Waals surface area contributed by atoms with Gasteiger partial charge in [-0.25, -0.2) is 4.98 Å². The third kappa shape index (κ3) is 6.11. The van der Waals surface area contributed by atoms with E-state index in [0.29, 0.717) is 30.6 Å². The summed E-state index contributed by atoms with van der Waals surface area (Å²) in [5.74, 6) is 0.778. The Morgan fingerprint density at radius 2 is 2.03 bits per heavy atom. The lowest BCUT2D eigenvalue weighted by Gasteiger charge is -2.26. The van der Waals surface area contributed by atoms with Crippen molar-refractivity contribution in [3.05, 3.63) is 46.1 Å². The predicted octanol–water partition coefficient (Wildman–Crippen LogP) is 2.88. The second kappa shape index (κ2) is 9.97. The Bertz CT molecular complexity index is 898. The van der Waals surface area contributed by atoms with Crippen molar-refractivity contribution >= 4 is 29.0 Å². The van der Waals surface area contributed by atoms with Crippen molar-refractivity contribution in [3.63, 3.8) is 0 Å². The van der Waals surface area contributed by atoms with Crippen LogP contribution in [0.3, 0.4) is 0 Å². The Labute approximate surface area is 174 Å². The summed E-state index contributed by atoms with van der Waals surface area (Å²) in [6.07, 6.45) is 5.17. The lowest BCUT2D eigenvalue weighted by molar-refractivity contribution is -0.384. The number of anilines is 3. The topological polar surface area (TPSA) is 148 Å². The van der Waals surface area contributed by atoms with Crippen LogP contribution in [0.5, 0.6) is 0 Å². The normalized spacial score (nSPS) is 18.5. The van der Waals surface area contributed by atoms with Crippen molar-refractivity contribution in [2.45, 2.75) is 45.2 Å². The van der Waals surface area contributed by atoms with E-state index >= 15 is 0 Å². The van der Waals surface area contributed by atoms with Gasteiger partial charge < -0.3 is 21.7 Å². The third-order valence-corrected chi connectivity index (χ3v) is 5.11. The number of nitrogens with one attached hydrogen (secondary N) is 3. The molecule has 0 atom stereocenters. The number of benzene rings is 1. The van der Waals surface area contributed by atoms with Crippen molar-refractivity contribution in [1.82, 2.24) is 9.97 Å². The minimum Gasteiger partial charge on any atom is -0.364 e. The van der Waals surface area contributed by atoms with Crippen LogP contribution in [0.15, 0.2) is 30.5 Å². The van der Waals surface area contributed by atoms with E-state index < -0.39 is 4.92 Å². The number of nitrogens with two attached hydrogens (primary N) is 1. The summed E-state index contributed by atoms with van der Waals surface area (Å²) in [5.41, 5.74) is 7.40. The van der Waals surface area contributed by atoms with Crippen LogP contribution in [0.2, 0.25) is 0 Å². The van der Waals surface area contributed by atoms with E-state index in [2.05, 4.69) is 25.9 Å². The zero-order chi connectivity index (χ0) is 21.5. The van der Waals surface area contributed by atoms with Gasteiger partial charge >= 0.3 is 5.69 Å². The number of nitro groups is 1. The number of carbonyl (C=O) groups excluding carboxylic acids is 1. The van der Waals surface area contributed by atoms with Crippen LogP contribution in [0, 0.1) is 16.0 Å². The van der Waals surface area contributed by atoms with Gasteiger partial charge in [0, 0.05) is 31.7 Å². The fourth-order valence-electron chi connectivity index (χ4n) is 3.50. The smallest absolute Gasteiger partial charge is 0.329 e. The zero-order valence-corrected chi connectivity index (χ0v) is 16.9. The van der Waals surface area contributed by atoms with Gasteiger partial charge in [0.25, 0.3) is 0 Å². The Morgan fingerprint density at radius 1 is 1.27 bits per heavy atom. The molecule has 0 radical (unpaired) electrons. The summed E-state index contributed by atoms with van der Waals surface area (Å²) in [4.78, 5) is 30.4. The summed E-state index contributed by atoms with van der Waals surface area (Å²) in [6, 6.07) is 7.63. The maximum absolute atomic E-state index is 11.3. The second-order valence-electron chi connectivity index (χ2n) is 7.58. The summed E-state index contributed by atoms with van der Waals surface area (Å²) < 4.78 is 0. The van der Waals surface area contributed by atoms with E-state index in [-0.39, 0.29) is 23.5 Å². The Morgan fingerprint density at radius 3 is 2.73 bits per heavy atom. The number of nitrogens with zero attached hydrogens (tertiary/aromatic N) is 3. The van der Waals surface area contributed by atoms with Gasteiger partial charge in [-0.05, 0) is 49.3 Å². The van der Waals surface area contributed by atoms with E-state index in [1.54, 1.807) is 6.07 Å². The first kappa shape index (κ1) is 21.4. The summed E-state index contributed by atoms with van der Waals surface area (Å²) in [5, 5.41) is 20.3. The molecule has 1 aliphatic rings. The largest absolute Gasteiger partial charge is 0.364 e. The number of carbonyl (C=O) groups is 1. The molecule has 0 unspecified atom stereocenters. The van der Waals surface area contributed by atoms with Crippen LogP contribution < -0.4 is 21.7 Å². The van der Waals surface area contributed by atoms with Crippen molar-refractivity contribution in [1.29, 1.82) is 0 Å². The van der Waals surface area contributed by atoms with Gasteiger partial charge in [0.1, 0.15) is 6.20 Å². The molecule has 1 saturated carbocycles. The number of amides is 1. The van der Waals surface area contributed by atoms with Crippen LogP contribution in [0.25, 0.3) is 0 Å². The molecule has 3 rings (SSSR count). The molecule has 5 N–H and O–H groups in total. The quantitative estimate of drug-likeness (QED) is 0.381. The van der Waals surface area contributed by atoms with Crippen LogP contribution in [0.4, 0.5) is 23.1 Å². The summed E-state index contributed by atoms with van der Waals surface area (Å²) >= 11 is 0. The summed E-state index contributed by atoms with van der Waals surface area (Å²) in [7, 11) is 0. The fraction of sp³-hybridized carbons (Fsp3) is 0.450. The van der Waals surface area contributed by atoms with E-state index in [4.69, 9.17) is 5.73 Å². The average molecular weight is 413 g/mol. The van der Waals surface area contributed by atoms with Crippen molar-refractivity contribution in [3.8, 4) is 0 Å². The van der Waals surface area contributed by atoms with E-state index in [9.17, 15) is 14.9 Å². The fourth-order valence-corrected chi connectivity index (χ4v) is 3.50. The number of hydrogen-bond acceptors (Lipinski definition) is 8. The highest BCUT2D eigenvalue weighted by Gasteiger charge is 2.21. The van der Waals surface area contributed by atoms with Gasteiger partial charge in [-0.3, -0.25) is 14.9 Å². The molecule has 0 aliphatic heterocycles. The minimum atomic E-state index is -0.486. The third-order valence-electron chi connectivity index (χ3n) is 5.11. The van der Waals surface area contributed by atoms with Gasteiger partial charge in [-0.2, -0.15) is 4.98 Å². The first-order valence-electron chi connectivity index (χ1n) is 10.0. The Kier molecular flexibility index (Phi) is 7.12. The van der Waals surface area contributed by atoms with Gasteiger partial charge in [0.15, 0.2) is 0 Å². The van der Waals surface area contributed by atoms with Crippen molar-refractivity contribution < 1.29 is 9.72 Å². The molecule has 2 aromatic rings. The van der Waals surface area contributed by atoms with Gasteiger partial charge in [0.2, 0.25) is 17.7 Å². The Balaban J connectivity index is 1.65. The van der Waals surface area contributed by atoms with Crippen LogP contribution in [0.1, 0.15) is 38.2 Å². The van der Waals surface area contributed by atoms with Gasteiger partial charge in [0.05, 0.1) is 4.92 Å². The molecule has 1 aromatic carbocycles. The van der Waals surface area contributed by atoms with Crippen molar-refractivity contribution in [2.75, 3.05) is 22.5 Å². The van der Waals surface area contributed by atoms with E-state index in [0.717, 1.165) is 31.2 Å². The molecule has 10 heteroatoms. The number of rotatable bonds is 8. The minimum absolute atomic E-state index is 0.144. The van der Waals surface area contributed by atoms with Gasteiger partial charge in [-0.1, -0.05) is 12.1 Å². The second-order valence-corrected chi connectivity index (χ2v) is 7.58. The molecule has 1 aliphatic carbocycles. The van der Waals surface area contributed by atoms with Gasteiger partial charge in [-0.15, -0.1) is 0 Å². The van der Waals surface area contributed by atoms with Crippen LogP contribution in [-0.2, 0) is 11.3 Å². The average Bonchev–Trinajstić information content (AvgIpc) is 2.71. The first-order chi connectivity index (χ1) is 14.4. The molecule has 0 spiro atoms. The Hall–Kier alpha value is -3.27. The lowest BCUT2D eigenvalue weighted by Crippen LogP contribution is -2.29. The lowest BCUT2D eigenvalue weighted by atomic mass is 9.86. The monoisotopic (exact) mass is 413 g/mol. The zero-order valence-electron chi connectivity index (χ0n) is 16.9. The number of aromatic nitrogens is 2. The standard InChI is InChI=1S/C20H27N7O3/c1-13(28)25-17-4-2-3-15(9-17)11-23-20-24-12-18(27(29)30)19(26-20)22-10-14-5-7-16(21)8-6-14/h2-4,9,12,14,16H,5-8,10-11,21H2,1H3,(H,25,28)(H2,22,23,24,26)/t14-,16-. The molecule has 160 valence electrons. The highest BCUT2D eigenvalue weighted by atomic mass is 16.6. The first-order valence-corrected chi connectivity index (χ1v) is 10.0. The maximum atomic E-state index is 11.3. The predicted molar refractivity (Wildman–Crippen MR) is 115 cm³/mol. The maximum Gasteiger partial charge on any atom is 0.329 e.